The number of halogens is 1. The molecule has 0 spiro atoms. The molecule has 0 amide bonds. The van der Waals surface area contributed by atoms with E-state index in [9.17, 15) is 4.79 Å². The van der Waals surface area contributed by atoms with Crippen LogP contribution in [0.25, 0.3) is 11.2 Å². The SMILES string of the molecule is N#CC[C@H]1CC[C@H](n2c(=O)[nH]c3cnc(Cl)nc32)CC1. The van der Waals surface area contributed by atoms with E-state index in [1.807, 2.05) is 0 Å². The molecule has 0 atom stereocenters. The van der Waals surface area contributed by atoms with Crippen LogP contribution < -0.4 is 5.69 Å². The maximum absolute atomic E-state index is 12.1. The minimum atomic E-state index is -0.166. The van der Waals surface area contributed by atoms with Gasteiger partial charge in [-0.2, -0.15) is 10.2 Å². The highest BCUT2D eigenvalue weighted by molar-refractivity contribution is 6.28. The van der Waals surface area contributed by atoms with E-state index in [1.54, 1.807) is 4.57 Å². The summed E-state index contributed by atoms with van der Waals surface area (Å²) in [5, 5.41) is 8.88. The molecule has 20 heavy (non-hydrogen) atoms. The van der Waals surface area contributed by atoms with Gasteiger partial charge in [-0.15, -0.1) is 0 Å². The molecule has 1 aliphatic rings. The number of aromatic amines is 1. The van der Waals surface area contributed by atoms with E-state index >= 15 is 0 Å². The van der Waals surface area contributed by atoms with E-state index in [0.29, 0.717) is 23.5 Å². The van der Waals surface area contributed by atoms with Crippen LogP contribution in [0, 0.1) is 17.2 Å². The van der Waals surface area contributed by atoms with E-state index in [-0.39, 0.29) is 17.0 Å². The quantitative estimate of drug-likeness (QED) is 0.861. The van der Waals surface area contributed by atoms with Crippen molar-refractivity contribution in [3.05, 3.63) is 22.0 Å². The topological polar surface area (TPSA) is 87.4 Å². The van der Waals surface area contributed by atoms with Gasteiger partial charge in [0.1, 0.15) is 5.52 Å². The summed E-state index contributed by atoms with van der Waals surface area (Å²) in [5.74, 6) is 0.454. The number of nitriles is 1. The van der Waals surface area contributed by atoms with Gasteiger partial charge in [-0.25, -0.2) is 9.78 Å². The van der Waals surface area contributed by atoms with Crippen LogP contribution in [0.3, 0.4) is 0 Å². The fraction of sp³-hybridized carbons (Fsp3) is 0.538. The molecule has 2 aromatic heterocycles. The lowest BCUT2D eigenvalue weighted by Gasteiger charge is -2.27. The highest BCUT2D eigenvalue weighted by Gasteiger charge is 2.25. The zero-order valence-corrected chi connectivity index (χ0v) is 11.6. The minimum Gasteiger partial charge on any atom is -0.303 e. The summed E-state index contributed by atoms with van der Waals surface area (Å²) in [4.78, 5) is 22.9. The van der Waals surface area contributed by atoms with Gasteiger partial charge in [0.25, 0.3) is 0 Å². The third kappa shape index (κ3) is 2.29. The zero-order valence-electron chi connectivity index (χ0n) is 10.8. The molecule has 0 aliphatic heterocycles. The van der Waals surface area contributed by atoms with Crippen LogP contribution in [-0.4, -0.2) is 19.5 Å². The molecule has 0 unspecified atom stereocenters. The van der Waals surface area contributed by atoms with Gasteiger partial charge in [0, 0.05) is 12.5 Å². The van der Waals surface area contributed by atoms with Crippen LogP contribution >= 0.6 is 11.6 Å². The zero-order chi connectivity index (χ0) is 14.1. The maximum Gasteiger partial charge on any atom is 0.327 e. The Bertz CT molecular complexity index is 720. The minimum absolute atomic E-state index is 0.122. The van der Waals surface area contributed by atoms with Crippen LogP contribution in [0.15, 0.2) is 11.0 Å². The average molecular weight is 292 g/mol. The second-order valence-corrected chi connectivity index (χ2v) is 5.55. The van der Waals surface area contributed by atoms with Gasteiger partial charge in [-0.05, 0) is 43.2 Å². The third-order valence-corrected chi connectivity index (χ3v) is 4.17. The van der Waals surface area contributed by atoms with Crippen LogP contribution in [0.5, 0.6) is 0 Å². The smallest absolute Gasteiger partial charge is 0.303 e. The number of hydrogen-bond donors (Lipinski definition) is 1. The first kappa shape index (κ1) is 13.1. The maximum atomic E-state index is 12.1. The monoisotopic (exact) mass is 291 g/mol. The van der Waals surface area contributed by atoms with Crippen molar-refractivity contribution in [3.63, 3.8) is 0 Å². The summed E-state index contributed by atoms with van der Waals surface area (Å²) >= 11 is 5.82. The molecule has 1 fully saturated rings. The van der Waals surface area contributed by atoms with Crippen molar-refractivity contribution in [2.45, 2.75) is 38.1 Å². The lowest BCUT2D eigenvalue weighted by molar-refractivity contribution is 0.277. The first-order chi connectivity index (χ1) is 9.69. The molecule has 3 rings (SSSR count). The van der Waals surface area contributed by atoms with Crippen molar-refractivity contribution in [1.29, 1.82) is 5.26 Å². The highest BCUT2D eigenvalue weighted by Crippen LogP contribution is 2.34. The van der Waals surface area contributed by atoms with Crippen molar-refractivity contribution in [1.82, 2.24) is 19.5 Å². The van der Waals surface area contributed by atoms with E-state index in [4.69, 9.17) is 16.9 Å². The number of rotatable bonds is 2. The number of H-pyrrole nitrogens is 1. The lowest BCUT2D eigenvalue weighted by atomic mass is 9.84. The Morgan fingerprint density at radius 1 is 1.45 bits per heavy atom. The van der Waals surface area contributed by atoms with Gasteiger partial charge in [-0.1, -0.05) is 0 Å². The standard InChI is InChI=1S/C13H14ClN5O/c14-12-16-7-10-11(18-12)19(13(20)17-10)9-3-1-8(2-4-9)5-6-15/h7-9H,1-5H2,(H,17,20)/t8-,9-. The van der Waals surface area contributed by atoms with E-state index in [2.05, 4.69) is 21.0 Å². The molecule has 1 N–H and O–H groups in total. The van der Waals surface area contributed by atoms with Crippen molar-refractivity contribution < 1.29 is 0 Å². The summed E-state index contributed by atoms with van der Waals surface area (Å²) in [7, 11) is 0. The first-order valence-corrected chi connectivity index (χ1v) is 7.06. The van der Waals surface area contributed by atoms with Crippen LogP contribution in [-0.2, 0) is 0 Å². The Morgan fingerprint density at radius 3 is 2.90 bits per heavy atom. The van der Waals surface area contributed by atoms with E-state index in [0.717, 1.165) is 25.7 Å². The number of nitrogens with one attached hydrogen (secondary N) is 1. The van der Waals surface area contributed by atoms with Crippen molar-refractivity contribution in [2.75, 3.05) is 0 Å². The first-order valence-electron chi connectivity index (χ1n) is 6.68. The molecule has 0 saturated heterocycles. The van der Waals surface area contributed by atoms with Gasteiger partial charge in [0.2, 0.25) is 5.28 Å². The van der Waals surface area contributed by atoms with Crippen molar-refractivity contribution in [2.24, 2.45) is 5.92 Å². The summed E-state index contributed by atoms with van der Waals surface area (Å²) < 4.78 is 1.69. The molecule has 0 bridgehead atoms. The second kappa shape index (κ2) is 5.25. The van der Waals surface area contributed by atoms with Gasteiger partial charge in [0.15, 0.2) is 5.65 Å². The molecule has 6 nitrogen and oxygen atoms in total. The number of fused-ring (bicyclic) bond motifs is 1. The molecule has 1 aliphatic carbocycles. The molecule has 7 heteroatoms. The summed E-state index contributed by atoms with van der Waals surface area (Å²) in [6, 6.07) is 2.35. The van der Waals surface area contributed by atoms with Gasteiger partial charge in [-0.3, -0.25) is 4.57 Å². The molecule has 0 aromatic carbocycles. The fourth-order valence-corrected chi connectivity index (χ4v) is 3.10. The molecule has 2 aromatic rings. The second-order valence-electron chi connectivity index (χ2n) is 5.21. The van der Waals surface area contributed by atoms with Crippen molar-refractivity contribution >= 4 is 22.8 Å². The third-order valence-electron chi connectivity index (χ3n) is 3.99. The molecule has 0 radical (unpaired) electrons. The summed E-state index contributed by atoms with van der Waals surface area (Å²) in [5.41, 5.74) is 1.01. The molecular formula is C13H14ClN5O. The Hall–Kier alpha value is -1.87. The largest absolute Gasteiger partial charge is 0.327 e. The summed E-state index contributed by atoms with van der Waals surface area (Å²) in [6.07, 6.45) is 5.85. The Labute approximate surface area is 120 Å². The van der Waals surface area contributed by atoms with Gasteiger partial charge < -0.3 is 4.98 Å². The number of aromatic nitrogens is 4. The van der Waals surface area contributed by atoms with Crippen LogP contribution in [0.2, 0.25) is 5.28 Å². The predicted octanol–water partition coefficient (Wildman–Crippen LogP) is 2.42. The fourth-order valence-electron chi connectivity index (χ4n) is 2.97. The Morgan fingerprint density at radius 2 is 2.20 bits per heavy atom. The van der Waals surface area contributed by atoms with Gasteiger partial charge in [0.05, 0.1) is 12.3 Å². The van der Waals surface area contributed by atoms with Gasteiger partial charge >= 0.3 is 5.69 Å². The molecule has 1 saturated carbocycles. The van der Waals surface area contributed by atoms with Crippen LogP contribution in [0.1, 0.15) is 38.1 Å². The number of hydrogen-bond acceptors (Lipinski definition) is 4. The van der Waals surface area contributed by atoms with E-state index < -0.39 is 0 Å². The lowest BCUT2D eigenvalue weighted by Crippen LogP contribution is -2.26. The normalized spacial score (nSPS) is 22.8. The van der Waals surface area contributed by atoms with Crippen LogP contribution in [0.4, 0.5) is 0 Å². The molecule has 2 heterocycles. The molecular weight excluding hydrogens is 278 g/mol. The Kier molecular flexibility index (Phi) is 3.45. The number of nitrogens with zero attached hydrogens (tertiary/aromatic N) is 4. The Balaban J connectivity index is 1.92. The highest BCUT2D eigenvalue weighted by atomic mass is 35.5. The van der Waals surface area contributed by atoms with E-state index in [1.165, 1.54) is 6.20 Å². The predicted molar refractivity (Wildman–Crippen MR) is 74.4 cm³/mol. The average Bonchev–Trinajstić information content (AvgIpc) is 2.76. The van der Waals surface area contributed by atoms with Crippen molar-refractivity contribution in [3.8, 4) is 6.07 Å². The molecule has 104 valence electrons. The summed E-state index contributed by atoms with van der Waals surface area (Å²) in [6.45, 7) is 0. The number of imidazole rings is 1.